The Morgan fingerprint density at radius 2 is 2.00 bits per heavy atom. The predicted octanol–water partition coefficient (Wildman–Crippen LogP) is 2.97. The zero-order valence-corrected chi connectivity index (χ0v) is 15.8. The van der Waals surface area contributed by atoms with Crippen LogP contribution in [0, 0.1) is 6.92 Å². The van der Waals surface area contributed by atoms with Crippen LogP contribution in [0.15, 0.2) is 11.0 Å². The Balaban J connectivity index is 2.78. The zero-order chi connectivity index (χ0) is 16.0. The molecule has 0 aliphatic heterocycles. The Bertz CT molecular complexity index is 538. The van der Waals surface area contributed by atoms with Crippen molar-refractivity contribution in [1.82, 2.24) is 10.0 Å². The molecule has 1 aromatic heterocycles. The molecule has 21 heavy (non-hydrogen) atoms. The lowest BCUT2D eigenvalue weighted by Crippen LogP contribution is -2.33. The molecule has 0 saturated carbocycles. The maximum absolute atomic E-state index is 12.4. The summed E-state index contributed by atoms with van der Waals surface area (Å²) in [6, 6.07) is 2.13. The number of rotatable bonds is 9. The van der Waals surface area contributed by atoms with Crippen LogP contribution in [0.3, 0.4) is 0 Å². The maximum Gasteiger partial charge on any atom is 0.241 e. The van der Waals surface area contributed by atoms with Crippen LogP contribution >= 0.6 is 23.1 Å². The van der Waals surface area contributed by atoms with Gasteiger partial charge < -0.3 is 5.32 Å². The summed E-state index contributed by atoms with van der Waals surface area (Å²) in [5.41, 5.74) is 0. The molecule has 1 atom stereocenters. The van der Waals surface area contributed by atoms with Crippen molar-refractivity contribution in [2.45, 2.75) is 57.6 Å². The number of thioether (sulfide) groups is 1. The van der Waals surface area contributed by atoms with Gasteiger partial charge in [-0.1, -0.05) is 13.8 Å². The van der Waals surface area contributed by atoms with Crippen LogP contribution in [-0.4, -0.2) is 32.5 Å². The standard InChI is InChI=1S/C14H26N2O2S3/c1-10(2)15-9-13-8-14(12(4)20-13)21(17,18)16-11(3)6-7-19-5/h8,10-11,15-16H,6-7,9H2,1-5H3. The monoisotopic (exact) mass is 350 g/mol. The van der Waals surface area contributed by atoms with E-state index in [0.29, 0.717) is 17.5 Å². The molecule has 0 amide bonds. The van der Waals surface area contributed by atoms with E-state index in [1.807, 2.05) is 20.1 Å². The van der Waals surface area contributed by atoms with Gasteiger partial charge in [-0.05, 0) is 38.3 Å². The molecule has 0 aliphatic carbocycles. The molecule has 7 heteroatoms. The molecule has 0 aromatic carbocycles. The van der Waals surface area contributed by atoms with Gasteiger partial charge in [-0.2, -0.15) is 11.8 Å². The molecule has 0 aliphatic rings. The lowest BCUT2D eigenvalue weighted by molar-refractivity contribution is 0.556. The SMILES string of the molecule is CSCCC(C)NS(=O)(=O)c1cc(CNC(C)C)sc1C. The minimum Gasteiger partial charge on any atom is -0.310 e. The summed E-state index contributed by atoms with van der Waals surface area (Å²) in [7, 11) is -3.41. The summed E-state index contributed by atoms with van der Waals surface area (Å²) >= 11 is 3.27. The minimum atomic E-state index is -3.41. The van der Waals surface area contributed by atoms with Crippen LogP contribution in [0.5, 0.6) is 0 Å². The molecular weight excluding hydrogens is 324 g/mol. The van der Waals surface area contributed by atoms with E-state index in [1.165, 1.54) is 0 Å². The third-order valence-corrected chi connectivity index (χ3v) is 6.55. The Labute approximate surface area is 137 Å². The Kier molecular flexibility index (Phi) is 7.70. The molecule has 0 bridgehead atoms. The van der Waals surface area contributed by atoms with E-state index < -0.39 is 10.0 Å². The number of hydrogen-bond donors (Lipinski definition) is 2. The average molecular weight is 351 g/mol. The van der Waals surface area contributed by atoms with Crippen molar-refractivity contribution >= 4 is 33.1 Å². The molecule has 0 spiro atoms. The van der Waals surface area contributed by atoms with Crippen molar-refractivity contribution in [3.63, 3.8) is 0 Å². The molecule has 1 heterocycles. The highest BCUT2D eigenvalue weighted by atomic mass is 32.2. The average Bonchev–Trinajstić information content (AvgIpc) is 2.75. The van der Waals surface area contributed by atoms with Crippen LogP contribution < -0.4 is 10.0 Å². The van der Waals surface area contributed by atoms with E-state index in [-0.39, 0.29) is 6.04 Å². The normalized spacial score (nSPS) is 13.8. The van der Waals surface area contributed by atoms with Crippen LogP contribution in [0.1, 0.15) is 36.9 Å². The third kappa shape index (κ3) is 6.28. The fourth-order valence-electron chi connectivity index (χ4n) is 1.86. The molecule has 0 radical (unpaired) electrons. The number of nitrogens with one attached hydrogen (secondary N) is 2. The number of sulfonamides is 1. The topological polar surface area (TPSA) is 58.2 Å². The van der Waals surface area contributed by atoms with Gasteiger partial charge >= 0.3 is 0 Å². The zero-order valence-electron chi connectivity index (χ0n) is 13.4. The molecule has 4 nitrogen and oxygen atoms in total. The van der Waals surface area contributed by atoms with Gasteiger partial charge in [-0.3, -0.25) is 0 Å². The molecule has 0 saturated heterocycles. The maximum atomic E-state index is 12.4. The molecule has 1 unspecified atom stereocenters. The molecule has 1 aromatic rings. The third-order valence-electron chi connectivity index (χ3n) is 3.01. The smallest absolute Gasteiger partial charge is 0.241 e. The lowest BCUT2D eigenvalue weighted by atomic mass is 10.3. The van der Waals surface area contributed by atoms with Gasteiger partial charge in [0.05, 0.1) is 4.90 Å². The first-order valence-electron chi connectivity index (χ1n) is 7.10. The van der Waals surface area contributed by atoms with Gasteiger partial charge in [0, 0.05) is 28.4 Å². The van der Waals surface area contributed by atoms with E-state index >= 15 is 0 Å². The summed E-state index contributed by atoms with van der Waals surface area (Å²) in [6.45, 7) is 8.64. The second kappa shape index (κ2) is 8.53. The van der Waals surface area contributed by atoms with Crippen LogP contribution in [-0.2, 0) is 16.6 Å². The Hall–Kier alpha value is -0.0800. The van der Waals surface area contributed by atoms with Crippen LogP contribution in [0.25, 0.3) is 0 Å². The first kappa shape index (κ1) is 19.0. The molecule has 1 rings (SSSR count). The van der Waals surface area contributed by atoms with Gasteiger partial charge in [0.15, 0.2) is 0 Å². The highest BCUT2D eigenvalue weighted by Crippen LogP contribution is 2.26. The van der Waals surface area contributed by atoms with E-state index in [0.717, 1.165) is 21.9 Å². The molecule has 122 valence electrons. The van der Waals surface area contributed by atoms with E-state index in [4.69, 9.17) is 0 Å². The first-order valence-corrected chi connectivity index (χ1v) is 10.8. The van der Waals surface area contributed by atoms with Crippen molar-refractivity contribution in [2.24, 2.45) is 0 Å². The lowest BCUT2D eigenvalue weighted by Gasteiger charge is -2.13. The second-order valence-corrected chi connectivity index (χ2v) is 9.48. The highest BCUT2D eigenvalue weighted by molar-refractivity contribution is 7.98. The fourth-order valence-corrected chi connectivity index (χ4v) is 5.32. The van der Waals surface area contributed by atoms with Crippen LogP contribution in [0.4, 0.5) is 0 Å². The molecular formula is C14H26N2O2S3. The Morgan fingerprint density at radius 1 is 1.33 bits per heavy atom. The first-order chi connectivity index (χ1) is 9.76. The molecule has 2 N–H and O–H groups in total. The predicted molar refractivity (Wildman–Crippen MR) is 93.8 cm³/mol. The van der Waals surface area contributed by atoms with Gasteiger partial charge in [0.25, 0.3) is 0 Å². The van der Waals surface area contributed by atoms with Crippen molar-refractivity contribution in [3.05, 3.63) is 15.8 Å². The number of hydrogen-bond acceptors (Lipinski definition) is 5. The van der Waals surface area contributed by atoms with Crippen molar-refractivity contribution < 1.29 is 8.42 Å². The van der Waals surface area contributed by atoms with Gasteiger partial charge in [0.1, 0.15) is 0 Å². The van der Waals surface area contributed by atoms with Crippen LogP contribution in [0.2, 0.25) is 0 Å². The van der Waals surface area contributed by atoms with Crippen molar-refractivity contribution in [1.29, 1.82) is 0 Å². The number of thiophene rings is 1. The largest absolute Gasteiger partial charge is 0.310 e. The van der Waals surface area contributed by atoms with E-state index in [1.54, 1.807) is 29.2 Å². The summed E-state index contributed by atoms with van der Waals surface area (Å²) < 4.78 is 27.7. The number of aryl methyl sites for hydroxylation is 1. The van der Waals surface area contributed by atoms with Gasteiger partial charge in [-0.15, -0.1) is 11.3 Å². The quantitative estimate of drug-likeness (QED) is 0.719. The van der Waals surface area contributed by atoms with Gasteiger partial charge in [0.2, 0.25) is 10.0 Å². The molecule has 0 fully saturated rings. The summed E-state index contributed by atoms with van der Waals surface area (Å²) in [5.74, 6) is 0.954. The fraction of sp³-hybridized carbons (Fsp3) is 0.714. The van der Waals surface area contributed by atoms with E-state index in [2.05, 4.69) is 23.9 Å². The summed E-state index contributed by atoms with van der Waals surface area (Å²) in [5, 5.41) is 3.31. The van der Waals surface area contributed by atoms with Crippen molar-refractivity contribution in [3.8, 4) is 0 Å². The van der Waals surface area contributed by atoms with Gasteiger partial charge in [-0.25, -0.2) is 13.1 Å². The minimum absolute atomic E-state index is 0.0426. The second-order valence-electron chi connectivity index (χ2n) is 5.47. The Morgan fingerprint density at radius 3 is 2.57 bits per heavy atom. The summed E-state index contributed by atoms with van der Waals surface area (Å²) in [6.07, 6.45) is 2.86. The highest BCUT2D eigenvalue weighted by Gasteiger charge is 2.21. The van der Waals surface area contributed by atoms with E-state index in [9.17, 15) is 8.42 Å². The van der Waals surface area contributed by atoms with Crippen molar-refractivity contribution in [2.75, 3.05) is 12.0 Å². The summed E-state index contributed by atoms with van der Waals surface area (Å²) in [4.78, 5) is 2.32.